The van der Waals surface area contributed by atoms with Gasteiger partial charge in [-0.2, -0.15) is 0 Å². The van der Waals surface area contributed by atoms with E-state index in [1.807, 2.05) is 24.3 Å². The molecule has 0 atom stereocenters. The largest absolute Gasteiger partial charge is 0.289 e. The molecular formula is C25H32O. The molecule has 0 heterocycles. The Balaban J connectivity index is 2.22. The number of ketones is 1. The average Bonchev–Trinajstić information content (AvgIpc) is 2.58. The van der Waals surface area contributed by atoms with E-state index in [1.54, 1.807) is 0 Å². The third-order valence-corrected chi connectivity index (χ3v) is 6.20. The van der Waals surface area contributed by atoms with Crippen LogP contribution in [0.2, 0.25) is 0 Å². The fraction of sp³-hybridized carbons (Fsp3) is 0.480. The Labute approximate surface area is 158 Å². The fourth-order valence-corrected chi connectivity index (χ4v) is 4.17. The summed E-state index contributed by atoms with van der Waals surface area (Å²) in [6, 6.07) is 12.5. The number of hydrogen-bond acceptors (Lipinski definition) is 1. The molecule has 0 fully saturated rings. The van der Waals surface area contributed by atoms with E-state index in [0.717, 1.165) is 17.5 Å². The van der Waals surface area contributed by atoms with Gasteiger partial charge in [-0.25, -0.2) is 0 Å². The van der Waals surface area contributed by atoms with Crippen molar-refractivity contribution in [2.24, 2.45) is 0 Å². The van der Waals surface area contributed by atoms with Crippen LogP contribution in [0.4, 0.5) is 0 Å². The molecule has 0 aliphatic heterocycles. The molecule has 1 heteroatoms. The van der Waals surface area contributed by atoms with Crippen LogP contribution in [0, 0.1) is 6.92 Å². The molecule has 2 aromatic carbocycles. The topological polar surface area (TPSA) is 17.1 Å². The van der Waals surface area contributed by atoms with Crippen molar-refractivity contribution in [2.75, 3.05) is 0 Å². The SMILES string of the molecule is Cc1ccc(C(=O)c2cc3c(cc2C(C)C)C(C)(C)CCC3(C)C)cc1. The van der Waals surface area contributed by atoms with Crippen LogP contribution in [0.25, 0.3) is 0 Å². The van der Waals surface area contributed by atoms with Gasteiger partial charge in [0.1, 0.15) is 0 Å². The first-order chi connectivity index (χ1) is 12.0. The monoisotopic (exact) mass is 348 g/mol. The van der Waals surface area contributed by atoms with E-state index in [2.05, 4.69) is 60.6 Å². The van der Waals surface area contributed by atoms with E-state index >= 15 is 0 Å². The van der Waals surface area contributed by atoms with Crippen molar-refractivity contribution in [2.45, 2.75) is 78.1 Å². The van der Waals surface area contributed by atoms with Crippen molar-refractivity contribution in [3.8, 4) is 0 Å². The van der Waals surface area contributed by atoms with E-state index in [0.29, 0.717) is 5.92 Å². The van der Waals surface area contributed by atoms with Crippen LogP contribution in [-0.2, 0) is 10.8 Å². The van der Waals surface area contributed by atoms with Gasteiger partial charge >= 0.3 is 0 Å². The lowest BCUT2D eigenvalue weighted by molar-refractivity contribution is 0.103. The van der Waals surface area contributed by atoms with Gasteiger partial charge in [-0.1, -0.05) is 77.4 Å². The van der Waals surface area contributed by atoms with Gasteiger partial charge in [-0.3, -0.25) is 4.79 Å². The summed E-state index contributed by atoms with van der Waals surface area (Å²) in [6.07, 6.45) is 2.35. The number of fused-ring (bicyclic) bond motifs is 1. The minimum atomic E-state index is 0.114. The minimum absolute atomic E-state index is 0.114. The molecule has 0 amide bonds. The second kappa shape index (κ2) is 6.37. The lowest BCUT2D eigenvalue weighted by Gasteiger charge is -2.42. The minimum Gasteiger partial charge on any atom is -0.289 e. The molecule has 0 N–H and O–H groups in total. The molecule has 138 valence electrons. The number of carbonyl (C=O) groups excluding carboxylic acids is 1. The Morgan fingerprint density at radius 3 is 1.88 bits per heavy atom. The second-order valence-electron chi connectivity index (χ2n) is 9.60. The van der Waals surface area contributed by atoms with Crippen LogP contribution in [0.5, 0.6) is 0 Å². The molecule has 0 saturated heterocycles. The zero-order valence-electron chi connectivity index (χ0n) is 17.4. The molecule has 26 heavy (non-hydrogen) atoms. The van der Waals surface area contributed by atoms with Gasteiger partial charge in [0.2, 0.25) is 0 Å². The maximum atomic E-state index is 13.3. The highest BCUT2D eigenvalue weighted by Gasteiger charge is 2.38. The van der Waals surface area contributed by atoms with Crippen LogP contribution in [0.15, 0.2) is 36.4 Å². The molecule has 2 aromatic rings. The smallest absolute Gasteiger partial charge is 0.193 e. The van der Waals surface area contributed by atoms with E-state index in [-0.39, 0.29) is 16.6 Å². The van der Waals surface area contributed by atoms with Crippen molar-refractivity contribution in [1.82, 2.24) is 0 Å². The molecule has 0 radical (unpaired) electrons. The predicted octanol–water partition coefficient (Wildman–Crippen LogP) is 6.70. The van der Waals surface area contributed by atoms with Gasteiger partial charge in [0.05, 0.1) is 0 Å². The van der Waals surface area contributed by atoms with E-state index in [1.165, 1.54) is 28.7 Å². The summed E-state index contributed by atoms with van der Waals surface area (Å²) >= 11 is 0. The molecule has 0 unspecified atom stereocenters. The third-order valence-electron chi connectivity index (χ3n) is 6.20. The van der Waals surface area contributed by atoms with Crippen LogP contribution >= 0.6 is 0 Å². The number of rotatable bonds is 3. The lowest BCUT2D eigenvalue weighted by Crippen LogP contribution is -2.34. The van der Waals surface area contributed by atoms with Crippen LogP contribution in [-0.4, -0.2) is 5.78 Å². The van der Waals surface area contributed by atoms with Crippen LogP contribution in [0.1, 0.15) is 98.5 Å². The van der Waals surface area contributed by atoms with E-state index < -0.39 is 0 Å². The first-order valence-electron chi connectivity index (χ1n) is 9.83. The van der Waals surface area contributed by atoms with Gasteiger partial charge in [0.25, 0.3) is 0 Å². The predicted molar refractivity (Wildman–Crippen MR) is 110 cm³/mol. The Morgan fingerprint density at radius 2 is 1.38 bits per heavy atom. The van der Waals surface area contributed by atoms with Gasteiger partial charge in [-0.05, 0) is 59.3 Å². The first-order valence-corrected chi connectivity index (χ1v) is 9.83. The van der Waals surface area contributed by atoms with Gasteiger partial charge in [0, 0.05) is 11.1 Å². The summed E-state index contributed by atoms with van der Waals surface area (Å²) in [7, 11) is 0. The second-order valence-corrected chi connectivity index (χ2v) is 9.60. The van der Waals surface area contributed by atoms with Crippen molar-refractivity contribution in [3.63, 3.8) is 0 Å². The lowest BCUT2D eigenvalue weighted by atomic mass is 9.62. The molecule has 1 aliphatic rings. The quantitative estimate of drug-likeness (QED) is 0.564. The van der Waals surface area contributed by atoms with Crippen molar-refractivity contribution >= 4 is 5.78 Å². The molecule has 1 aliphatic carbocycles. The zero-order chi connectivity index (χ0) is 19.3. The van der Waals surface area contributed by atoms with Crippen LogP contribution < -0.4 is 0 Å². The summed E-state index contributed by atoms with van der Waals surface area (Å²) < 4.78 is 0. The van der Waals surface area contributed by atoms with Crippen molar-refractivity contribution in [1.29, 1.82) is 0 Å². The van der Waals surface area contributed by atoms with E-state index in [4.69, 9.17) is 0 Å². The van der Waals surface area contributed by atoms with Gasteiger partial charge in [-0.15, -0.1) is 0 Å². The van der Waals surface area contributed by atoms with E-state index in [9.17, 15) is 4.79 Å². The van der Waals surface area contributed by atoms with Crippen molar-refractivity contribution in [3.05, 3.63) is 69.8 Å². The molecule has 0 saturated carbocycles. The third kappa shape index (κ3) is 3.24. The van der Waals surface area contributed by atoms with Crippen LogP contribution in [0.3, 0.4) is 0 Å². The Morgan fingerprint density at radius 1 is 0.885 bits per heavy atom. The van der Waals surface area contributed by atoms with Gasteiger partial charge < -0.3 is 0 Å². The first kappa shape index (κ1) is 18.9. The Hall–Kier alpha value is -1.89. The standard InChI is InChI=1S/C25H32O/c1-16(2)19-14-21-22(25(6,7)13-12-24(21,4)5)15-20(19)23(26)18-10-8-17(3)9-11-18/h8-11,14-16H,12-13H2,1-7H3. The summed E-state index contributed by atoms with van der Waals surface area (Å²) in [6.45, 7) is 15.7. The zero-order valence-corrected chi connectivity index (χ0v) is 17.4. The average molecular weight is 349 g/mol. The number of hydrogen-bond donors (Lipinski definition) is 0. The highest BCUT2D eigenvalue weighted by Crippen LogP contribution is 2.47. The number of benzene rings is 2. The normalized spacial score (nSPS) is 17.8. The highest BCUT2D eigenvalue weighted by molar-refractivity contribution is 6.10. The fourth-order valence-electron chi connectivity index (χ4n) is 4.17. The summed E-state index contributed by atoms with van der Waals surface area (Å²) in [5, 5.41) is 0. The maximum Gasteiger partial charge on any atom is 0.193 e. The Kier molecular flexibility index (Phi) is 4.63. The van der Waals surface area contributed by atoms with Gasteiger partial charge in [0.15, 0.2) is 5.78 Å². The number of carbonyl (C=O) groups is 1. The molecule has 0 spiro atoms. The molecular weight excluding hydrogens is 316 g/mol. The molecule has 0 bridgehead atoms. The highest BCUT2D eigenvalue weighted by atomic mass is 16.1. The molecule has 1 nitrogen and oxygen atoms in total. The summed E-state index contributed by atoms with van der Waals surface area (Å²) in [4.78, 5) is 13.3. The maximum absolute atomic E-state index is 13.3. The molecule has 0 aromatic heterocycles. The Bertz CT molecular complexity index is 835. The number of aryl methyl sites for hydroxylation is 1. The molecule has 3 rings (SSSR count). The summed E-state index contributed by atoms with van der Waals surface area (Å²) in [5.74, 6) is 0.473. The van der Waals surface area contributed by atoms with Crippen molar-refractivity contribution < 1.29 is 4.79 Å². The summed E-state index contributed by atoms with van der Waals surface area (Å²) in [5.41, 5.74) is 7.09.